The van der Waals surface area contributed by atoms with Crippen molar-refractivity contribution in [3.63, 3.8) is 0 Å². The Morgan fingerprint density at radius 2 is 1.80 bits per heavy atom. The van der Waals surface area contributed by atoms with Gasteiger partial charge in [0.05, 0.1) is 0 Å². The van der Waals surface area contributed by atoms with E-state index in [2.05, 4.69) is 38.1 Å². The van der Waals surface area contributed by atoms with Crippen LogP contribution in [-0.4, -0.2) is 0 Å². The van der Waals surface area contributed by atoms with Crippen molar-refractivity contribution in [1.29, 1.82) is 0 Å². The number of allylic oxidation sites excluding steroid dienone is 1. The van der Waals surface area contributed by atoms with Gasteiger partial charge in [-0.1, -0.05) is 67.4 Å². The first-order chi connectivity index (χ1) is 7.15. The summed E-state index contributed by atoms with van der Waals surface area (Å²) in [5.41, 5.74) is 2.47. The highest BCUT2D eigenvalue weighted by atomic mass is 35.5. The van der Waals surface area contributed by atoms with Gasteiger partial charge in [0, 0.05) is 0 Å². The van der Waals surface area contributed by atoms with Gasteiger partial charge in [0.1, 0.15) is 4.49 Å². The lowest BCUT2D eigenvalue weighted by Gasteiger charge is -2.14. The Labute approximate surface area is 102 Å². The summed E-state index contributed by atoms with van der Waals surface area (Å²) < 4.78 is 0.431. The van der Waals surface area contributed by atoms with E-state index in [0.717, 1.165) is 18.4 Å². The molecular weight excluding hydrogens is 227 g/mol. The molecule has 0 fully saturated rings. The third-order valence-corrected chi connectivity index (χ3v) is 3.09. The summed E-state index contributed by atoms with van der Waals surface area (Å²) >= 11 is 11.7. The van der Waals surface area contributed by atoms with Gasteiger partial charge in [0.15, 0.2) is 0 Å². The van der Waals surface area contributed by atoms with Crippen LogP contribution in [0.25, 0.3) is 0 Å². The fraction of sp³-hybridized carbons (Fsp3) is 0.385. The van der Waals surface area contributed by atoms with Crippen LogP contribution in [0.5, 0.6) is 0 Å². The van der Waals surface area contributed by atoms with Gasteiger partial charge in [-0.05, 0) is 29.9 Å². The molecule has 0 spiro atoms. The minimum atomic E-state index is 0.405. The largest absolute Gasteiger partial charge is 0.106 e. The molecule has 0 aliphatic rings. The van der Waals surface area contributed by atoms with Crippen LogP contribution in [0.2, 0.25) is 0 Å². The van der Waals surface area contributed by atoms with E-state index in [1.807, 2.05) is 6.07 Å². The van der Waals surface area contributed by atoms with Gasteiger partial charge in [-0.25, -0.2) is 0 Å². The molecule has 2 heteroatoms. The van der Waals surface area contributed by atoms with Gasteiger partial charge in [-0.3, -0.25) is 0 Å². The van der Waals surface area contributed by atoms with E-state index in [4.69, 9.17) is 23.2 Å². The summed E-state index contributed by atoms with van der Waals surface area (Å²) in [6.45, 7) is 4.25. The van der Waals surface area contributed by atoms with Crippen LogP contribution in [0.1, 0.15) is 25.8 Å². The Morgan fingerprint density at radius 3 is 2.27 bits per heavy atom. The van der Waals surface area contributed by atoms with Crippen molar-refractivity contribution in [3.8, 4) is 0 Å². The molecule has 1 rings (SSSR count). The monoisotopic (exact) mass is 242 g/mol. The van der Waals surface area contributed by atoms with Crippen molar-refractivity contribution >= 4 is 23.2 Å². The minimum Gasteiger partial charge on any atom is -0.0709 e. The molecule has 0 saturated heterocycles. The number of hydrogen-bond acceptors (Lipinski definition) is 0. The van der Waals surface area contributed by atoms with E-state index in [1.165, 1.54) is 5.56 Å². The van der Waals surface area contributed by atoms with Crippen LogP contribution in [0.4, 0.5) is 0 Å². The normalized spacial score (nSPS) is 12.3. The molecule has 0 aliphatic carbocycles. The van der Waals surface area contributed by atoms with Crippen LogP contribution in [0.3, 0.4) is 0 Å². The Morgan fingerprint density at radius 1 is 1.20 bits per heavy atom. The van der Waals surface area contributed by atoms with Gasteiger partial charge in [-0.15, -0.1) is 0 Å². The topological polar surface area (TPSA) is 0 Å². The molecule has 0 aromatic heterocycles. The summed E-state index contributed by atoms with van der Waals surface area (Å²) in [6.07, 6.45) is 1.91. The maximum Gasteiger partial charge on any atom is 0.106 e. The molecule has 1 atom stereocenters. The first kappa shape index (κ1) is 12.6. The maximum atomic E-state index is 5.85. The molecule has 82 valence electrons. The molecule has 1 aromatic carbocycles. The van der Waals surface area contributed by atoms with E-state index in [1.54, 1.807) is 0 Å². The second-order valence-electron chi connectivity index (χ2n) is 3.73. The second kappa shape index (κ2) is 6.19. The zero-order valence-electron chi connectivity index (χ0n) is 9.13. The molecule has 0 heterocycles. The quantitative estimate of drug-likeness (QED) is 0.700. The van der Waals surface area contributed by atoms with Crippen LogP contribution < -0.4 is 0 Å². The van der Waals surface area contributed by atoms with Crippen molar-refractivity contribution < 1.29 is 0 Å². The van der Waals surface area contributed by atoms with Crippen molar-refractivity contribution in [3.05, 3.63) is 46.0 Å². The van der Waals surface area contributed by atoms with E-state index >= 15 is 0 Å². The summed E-state index contributed by atoms with van der Waals surface area (Å²) in [5, 5.41) is 0. The summed E-state index contributed by atoms with van der Waals surface area (Å²) in [7, 11) is 0. The van der Waals surface area contributed by atoms with Gasteiger partial charge in [-0.2, -0.15) is 0 Å². The van der Waals surface area contributed by atoms with Gasteiger partial charge in [0.25, 0.3) is 0 Å². The van der Waals surface area contributed by atoms with Gasteiger partial charge < -0.3 is 0 Å². The molecule has 0 N–H and O–H groups in total. The molecule has 0 nitrogen and oxygen atoms in total. The zero-order chi connectivity index (χ0) is 11.3. The van der Waals surface area contributed by atoms with Crippen molar-refractivity contribution in [2.45, 2.75) is 26.7 Å². The highest BCUT2D eigenvalue weighted by Gasteiger charge is 2.11. The Bertz CT molecular complexity index is 324. The number of rotatable bonds is 4. The van der Waals surface area contributed by atoms with E-state index < -0.39 is 0 Å². The van der Waals surface area contributed by atoms with Crippen molar-refractivity contribution in [1.82, 2.24) is 0 Å². The number of benzene rings is 1. The molecule has 0 radical (unpaired) electrons. The predicted molar refractivity (Wildman–Crippen MR) is 68.3 cm³/mol. The Balaban J connectivity index is 2.71. The lowest BCUT2D eigenvalue weighted by molar-refractivity contribution is 0.653. The minimum absolute atomic E-state index is 0.405. The van der Waals surface area contributed by atoms with Crippen LogP contribution in [0, 0.1) is 5.92 Å². The second-order valence-corrected chi connectivity index (χ2v) is 4.68. The lowest BCUT2D eigenvalue weighted by atomic mass is 9.93. The number of hydrogen-bond donors (Lipinski definition) is 0. The van der Waals surface area contributed by atoms with E-state index in [0.29, 0.717) is 10.4 Å². The maximum absolute atomic E-state index is 5.85. The third kappa shape index (κ3) is 3.89. The molecular formula is C13H16Cl2. The fourth-order valence-electron chi connectivity index (χ4n) is 1.76. The average Bonchev–Trinajstić information content (AvgIpc) is 2.19. The number of halogens is 2. The molecule has 0 bridgehead atoms. The molecule has 0 saturated carbocycles. The summed E-state index contributed by atoms with van der Waals surface area (Å²) in [4.78, 5) is 0. The predicted octanol–water partition coefficient (Wildman–Crippen LogP) is 4.96. The van der Waals surface area contributed by atoms with Gasteiger partial charge in [0.2, 0.25) is 0 Å². The standard InChI is InChI=1S/C13H16Cl2/c1-3-12(13(14)15)10(2)9-11-7-5-4-6-8-11/h4-8,10H,3,9H2,1-2H3. The Hall–Kier alpha value is -0.460. The highest BCUT2D eigenvalue weighted by Crippen LogP contribution is 2.26. The van der Waals surface area contributed by atoms with Crippen LogP contribution >= 0.6 is 23.2 Å². The molecule has 1 unspecified atom stereocenters. The molecule has 15 heavy (non-hydrogen) atoms. The average molecular weight is 243 g/mol. The Kier molecular flexibility index (Phi) is 5.21. The van der Waals surface area contributed by atoms with Crippen LogP contribution in [-0.2, 0) is 6.42 Å². The van der Waals surface area contributed by atoms with Gasteiger partial charge >= 0.3 is 0 Å². The summed E-state index contributed by atoms with van der Waals surface area (Å²) in [5.74, 6) is 0.405. The highest BCUT2D eigenvalue weighted by molar-refractivity contribution is 6.56. The first-order valence-electron chi connectivity index (χ1n) is 5.23. The molecule has 0 aliphatic heterocycles. The SMILES string of the molecule is CCC(=C(Cl)Cl)C(C)Cc1ccccc1. The zero-order valence-corrected chi connectivity index (χ0v) is 10.6. The smallest absolute Gasteiger partial charge is 0.0709 e. The van der Waals surface area contributed by atoms with E-state index in [9.17, 15) is 0 Å². The summed E-state index contributed by atoms with van der Waals surface area (Å²) in [6, 6.07) is 10.4. The first-order valence-corrected chi connectivity index (χ1v) is 5.98. The lowest BCUT2D eigenvalue weighted by Crippen LogP contribution is -2.03. The van der Waals surface area contributed by atoms with E-state index in [-0.39, 0.29) is 0 Å². The fourth-order valence-corrected chi connectivity index (χ4v) is 2.40. The van der Waals surface area contributed by atoms with Crippen LogP contribution in [0.15, 0.2) is 40.4 Å². The van der Waals surface area contributed by atoms with Crippen molar-refractivity contribution in [2.24, 2.45) is 5.92 Å². The molecule has 0 amide bonds. The third-order valence-electron chi connectivity index (χ3n) is 2.60. The molecule has 1 aromatic rings. The van der Waals surface area contributed by atoms with Crippen molar-refractivity contribution in [2.75, 3.05) is 0 Å².